The van der Waals surface area contributed by atoms with E-state index in [2.05, 4.69) is 73.4 Å². The summed E-state index contributed by atoms with van der Waals surface area (Å²) >= 11 is 0. The van der Waals surface area contributed by atoms with Crippen LogP contribution in [-0.2, 0) is 41.4 Å². The molecule has 2 aromatic carbocycles. The van der Waals surface area contributed by atoms with Crippen molar-refractivity contribution in [3.63, 3.8) is 0 Å². The Morgan fingerprint density at radius 1 is 0.829 bits per heavy atom. The largest absolute Gasteiger partial charge is 0.545 e. The molecule has 1 aliphatic rings. The molecular formula is C32H48N3O5Re-3. The summed E-state index contributed by atoms with van der Waals surface area (Å²) in [7, 11) is 6.02. The quantitative estimate of drug-likeness (QED) is 0.174. The van der Waals surface area contributed by atoms with E-state index in [1.165, 1.54) is 63.7 Å². The SMILES string of the molecule is COc1ccccc1C1CCN(CCCCCCN(CCN(C)C)Cc2ccccc2O)CC1.[CH-]=O.[CH-]=O.[CH-]=O.[Re]. The van der Waals surface area contributed by atoms with Crippen LogP contribution in [0.15, 0.2) is 48.5 Å². The number of ether oxygens (including phenoxy) is 1. The Balaban J connectivity index is 0. The van der Waals surface area contributed by atoms with Gasteiger partial charge in [-0.2, -0.15) is 0 Å². The maximum atomic E-state index is 10.2. The van der Waals surface area contributed by atoms with Crippen molar-refractivity contribution in [1.82, 2.24) is 14.7 Å². The molecule has 3 rings (SSSR count). The van der Waals surface area contributed by atoms with Crippen LogP contribution in [0, 0.1) is 0 Å². The first-order chi connectivity index (χ1) is 19.6. The molecule has 8 nitrogen and oxygen atoms in total. The van der Waals surface area contributed by atoms with Gasteiger partial charge in [-0.3, -0.25) is 25.3 Å². The van der Waals surface area contributed by atoms with E-state index < -0.39 is 0 Å². The monoisotopic (exact) mass is 741 g/mol. The first-order valence-corrected chi connectivity index (χ1v) is 13.8. The second-order valence-corrected chi connectivity index (χ2v) is 9.98. The first-order valence-electron chi connectivity index (χ1n) is 13.8. The normalized spacial score (nSPS) is 13.0. The fourth-order valence-corrected chi connectivity index (χ4v) is 4.99. The number of likely N-dealkylation sites (N-methyl/N-ethyl adjacent to an activating group) is 1. The zero-order valence-electron chi connectivity index (χ0n) is 24.9. The number of hydrogen-bond donors (Lipinski definition) is 1. The Kier molecular flexibility index (Phi) is 26.3. The number of para-hydroxylation sites is 2. The van der Waals surface area contributed by atoms with Crippen molar-refractivity contribution in [2.45, 2.75) is 51.0 Å². The second kappa shape index (κ2) is 26.5. The number of nitrogens with zero attached hydrogens (tertiary/aromatic N) is 3. The summed E-state index contributed by atoms with van der Waals surface area (Å²) < 4.78 is 5.58. The summed E-state index contributed by atoms with van der Waals surface area (Å²) in [5.74, 6) is 2.08. The molecule has 1 fully saturated rings. The Labute approximate surface area is 261 Å². The van der Waals surface area contributed by atoms with Gasteiger partial charge in [0.2, 0.25) is 0 Å². The van der Waals surface area contributed by atoms with Crippen LogP contribution in [0.1, 0.15) is 55.6 Å². The summed E-state index contributed by atoms with van der Waals surface area (Å²) in [6.07, 6.45) is 7.54. The molecule has 0 atom stereocenters. The topological polar surface area (TPSA) is 90.4 Å². The molecule has 41 heavy (non-hydrogen) atoms. The van der Waals surface area contributed by atoms with Crippen LogP contribution in [0.2, 0.25) is 0 Å². The fraction of sp³-hybridized carbons (Fsp3) is 0.531. The van der Waals surface area contributed by atoms with Gasteiger partial charge in [-0.05, 0) is 89.6 Å². The van der Waals surface area contributed by atoms with Gasteiger partial charge in [0.1, 0.15) is 11.5 Å². The van der Waals surface area contributed by atoms with E-state index in [0.717, 1.165) is 37.5 Å². The molecule has 1 N–H and O–H groups in total. The van der Waals surface area contributed by atoms with E-state index >= 15 is 0 Å². The number of likely N-dealkylation sites (tertiary alicyclic amines) is 1. The van der Waals surface area contributed by atoms with Crippen LogP contribution in [0.25, 0.3) is 0 Å². The van der Waals surface area contributed by atoms with Gasteiger partial charge in [0.15, 0.2) is 0 Å². The standard InChI is InChI=1S/C29H45N3O2.3CHO.Re/c1-30(2)22-23-32(24-26-12-6-8-14-28(26)33)19-11-5-4-10-18-31-20-16-25(17-21-31)27-13-7-9-15-29(27)34-3;3*1-2;/h6-9,12-15,25,33H,4-5,10-11,16-24H2,1-3H3;3*1H;/q;3*-1;. The van der Waals surface area contributed by atoms with Crippen molar-refractivity contribution in [1.29, 1.82) is 0 Å². The zero-order chi connectivity index (χ0) is 30.2. The molecule has 1 radical (unpaired) electrons. The second-order valence-electron chi connectivity index (χ2n) is 9.98. The number of carbonyl (C=O) groups excluding carboxylic acids is 3. The van der Waals surface area contributed by atoms with Crippen LogP contribution in [-0.4, -0.2) is 101 Å². The van der Waals surface area contributed by atoms with Crippen molar-refractivity contribution < 1.29 is 44.6 Å². The van der Waals surface area contributed by atoms with Gasteiger partial charge >= 0.3 is 0 Å². The van der Waals surface area contributed by atoms with Crippen molar-refractivity contribution in [3.05, 3.63) is 59.7 Å². The molecule has 1 heterocycles. The number of aromatic hydroxyl groups is 1. The molecule has 0 bridgehead atoms. The number of hydrogen-bond acceptors (Lipinski definition) is 8. The van der Waals surface area contributed by atoms with Crippen LogP contribution in [0.3, 0.4) is 0 Å². The number of benzene rings is 2. The Morgan fingerprint density at radius 3 is 2.02 bits per heavy atom. The van der Waals surface area contributed by atoms with Crippen LogP contribution in [0.5, 0.6) is 11.5 Å². The fourth-order valence-electron chi connectivity index (χ4n) is 4.99. The maximum absolute atomic E-state index is 10.2. The molecule has 0 unspecified atom stereocenters. The van der Waals surface area contributed by atoms with Gasteiger partial charge in [-0.15, -0.1) is 0 Å². The van der Waals surface area contributed by atoms with Gasteiger partial charge in [0, 0.05) is 45.6 Å². The summed E-state index contributed by atoms with van der Waals surface area (Å²) in [4.78, 5) is 30.6. The summed E-state index contributed by atoms with van der Waals surface area (Å²) in [5.41, 5.74) is 2.41. The van der Waals surface area contributed by atoms with E-state index in [0.29, 0.717) is 11.7 Å². The Hall–Kier alpha value is -2.41. The number of unbranched alkanes of at least 4 members (excludes halogenated alkanes) is 3. The Morgan fingerprint density at radius 2 is 1.41 bits per heavy atom. The van der Waals surface area contributed by atoms with E-state index in [9.17, 15) is 5.11 Å². The minimum Gasteiger partial charge on any atom is -0.545 e. The minimum absolute atomic E-state index is 0. The van der Waals surface area contributed by atoms with Crippen molar-refractivity contribution in [3.8, 4) is 11.5 Å². The third-order valence-corrected chi connectivity index (χ3v) is 7.11. The Bertz CT molecular complexity index is 892. The first kappa shape index (κ1) is 40.7. The third kappa shape index (κ3) is 16.6. The van der Waals surface area contributed by atoms with Gasteiger partial charge in [-0.1, -0.05) is 49.2 Å². The minimum atomic E-state index is 0. The van der Waals surface area contributed by atoms with E-state index in [1.54, 1.807) is 13.2 Å². The summed E-state index contributed by atoms with van der Waals surface area (Å²) in [6, 6.07) is 16.3. The molecule has 1 saturated heterocycles. The summed E-state index contributed by atoms with van der Waals surface area (Å²) in [6.45, 7) is 17.3. The molecule has 9 heteroatoms. The van der Waals surface area contributed by atoms with Crippen LogP contribution < -0.4 is 4.74 Å². The molecule has 0 aliphatic carbocycles. The molecule has 2 aromatic rings. The summed E-state index contributed by atoms with van der Waals surface area (Å²) in [5, 5.41) is 10.2. The van der Waals surface area contributed by atoms with Crippen LogP contribution in [0.4, 0.5) is 0 Å². The van der Waals surface area contributed by atoms with Gasteiger partial charge in [0.25, 0.3) is 0 Å². The number of rotatable bonds is 14. The smallest absolute Gasteiger partial charge is 0.122 e. The molecular weight excluding hydrogens is 693 g/mol. The maximum Gasteiger partial charge on any atom is 0.122 e. The van der Waals surface area contributed by atoms with Crippen molar-refractivity contribution >= 4 is 20.4 Å². The van der Waals surface area contributed by atoms with Gasteiger partial charge < -0.3 is 34.0 Å². The van der Waals surface area contributed by atoms with E-state index in [1.807, 2.05) is 18.2 Å². The zero-order valence-corrected chi connectivity index (χ0v) is 27.6. The predicted octanol–water partition coefficient (Wildman–Crippen LogP) is 4.38. The number of methoxy groups -OCH3 is 1. The van der Waals surface area contributed by atoms with Gasteiger partial charge in [0.05, 0.1) is 7.11 Å². The molecule has 231 valence electrons. The van der Waals surface area contributed by atoms with Crippen molar-refractivity contribution in [2.75, 3.05) is 60.5 Å². The van der Waals surface area contributed by atoms with Crippen LogP contribution >= 0.6 is 0 Å². The number of phenols is 1. The van der Waals surface area contributed by atoms with Crippen molar-refractivity contribution in [2.24, 2.45) is 0 Å². The number of phenolic OH excluding ortho intramolecular Hbond substituents is 1. The average Bonchev–Trinajstić information content (AvgIpc) is 3.01. The third-order valence-electron chi connectivity index (χ3n) is 7.11. The predicted molar refractivity (Wildman–Crippen MR) is 162 cm³/mol. The molecule has 0 amide bonds. The van der Waals surface area contributed by atoms with Gasteiger partial charge in [-0.25, -0.2) is 0 Å². The van der Waals surface area contributed by atoms with E-state index in [4.69, 9.17) is 19.1 Å². The molecule has 0 spiro atoms. The molecule has 1 aliphatic heterocycles. The molecule has 0 aromatic heterocycles. The van der Waals surface area contributed by atoms with E-state index in [-0.39, 0.29) is 20.4 Å². The number of piperidine rings is 1. The average molecular weight is 741 g/mol. The molecule has 0 saturated carbocycles.